The number of esters is 1. The molecule has 2 aliphatic rings. The summed E-state index contributed by atoms with van der Waals surface area (Å²) in [6.45, 7) is 14.3. The smallest absolute Gasteiger partial charge is 0.302 e. The van der Waals surface area contributed by atoms with Crippen molar-refractivity contribution >= 4 is 14.3 Å². The van der Waals surface area contributed by atoms with E-state index in [1.54, 1.807) is 28.4 Å². The molecule has 0 unspecified atom stereocenters. The summed E-state index contributed by atoms with van der Waals surface area (Å²) in [4.78, 5) is 11.9. The average molecular weight is 523 g/mol. The molecule has 0 amide bonds. The number of carbonyl (C=O) groups is 1. The second kappa shape index (κ2) is 12.7. The normalized spacial score (nSPS) is 36.7. The highest BCUT2D eigenvalue weighted by Gasteiger charge is 2.49. The molecular formula is C24H46O10Si. The summed E-state index contributed by atoms with van der Waals surface area (Å²) in [5.74, 6) is -0.363. The van der Waals surface area contributed by atoms with Gasteiger partial charge in [0.15, 0.2) is 20.9 Å². The predicted molar refractivity (Wildman–Crippen MR) is 131 cm³/mol. The van der Waals surface area contributed by atoms with E-state index in [1.165, 1.54) is 6.92 Å². The van der Waals surface area contributed by atoms with Crippen molar-refractivity contribution < 1.29 is 47.1 Å². The minimum atomic E-state index is -2.13. The van der Waals surface area contributed by atoms with Crippen LogP contribution < -0.4 is 0 Å². The van der Waals surface area contributed by atoms with Crippen LogP contribution in [0.5, 0.6) is 0 Å². The fraction of sp³-hybridized carbons (Fsp3) is 0.958. The van der Waals surface area contributed by atoms with Gasteiger partial charge in [0.25, 0.3) is 0 Å². The van der Waals surface area contributed by atoms with E-state index in [9.17, 15) is 4.79 Å². The van der Waals surface area contributed by atoms with Crippen molar-refractivity contribution in [2.45, 2.75) is 114 Å². The summed E-state index contributed by atoms with van der Waals surface area (Å²) in [6, 6.07) is 0. The van der Waals surface area contributed by atoms with Crippen LogP contribution in [-0.4, -0.2) is 105 Å². The van der Waals surface area contributed by atoms with Gasteiger partial charge in [-0.2, -0.15) is 0 Å². The van der Waals surface area contributed by atoms with Crippen LogP contribution >= 0.6 is 0 Å². The lowest BCUT2D eigenvalue weighted by atomic mass is 9.98. The van der Waals surface area contributed by atoms with Gasteiger partial charge < -0.3 is 42.3 Å². The van der Waals surface area contributed by atoms with Gasteiger partial charge in [-0.3, -0.25) is 4.79 Å². The molecule has 206 valence electrons. The number of hydrogen-bond donors (Lipinski definition) is 0. The lowest BCUT2D eigenvalue weighted by Crippen LogP contribution is -2.61. The van der Waals surface area contributed by atoms with Gasteiger partial charge in [-0.1, -0.05) is 20.8 Å². The molecule has 0 aromatic rings. The molecule has 0 aromatic carbocycles. The molecule has 0 aromatic heterocycles. The molecule has 2 heterocycles. The Morgan fingerprint density at radius 1 is 0.914 bits per heavy atom. The number of methoxy groups -OCH3 is 4. The molecular weight excluding hydrogens is 476 g/mol. The van der Waals surface area contributed by atoms with Gasteiger partial charge in [0.1, 0.15) is 36.6 Å². The van der Waals surface area contributed by atoms with Crippen molar-refractivity contribution in [3.8, 4) is 0 Å². The predicted octanol–water partition coefficient (Wildman–Crippen LogP) is 2.88. The maximum absolute atomic E-state index is 11.9. The van der Waals surface area contributed by atoms with Crippen LogP contribution in [0.3, 0.4) is 0 Å². The Labute approximate surface area is 211 Å². The average Bonchev–Trinajstić information content (AvgIpc) is 2.77. The highest BCUT2D eigenvalue weighted by Crippen LogP contribution is 2.40. The molecule has 11 heteroatoms. The number of hydrogen-bond acceptors (Lipinski definition) is 10. The van der Waals surface area contributed by atoms with Crippen LogP contribution in [-0.2, 0) is 47.1 Å². The van der Waals surface area contributed by atoms with Crippen molar-refractivity contribution in [2.24, 2.45) is 0 Å². The van der Waals surface area contributed by atoms with Crippen molar-refractivity contribution in [3.63, 3.8) is 0 Å². The van der Waals surface area contributed by atoms with Gasteiger partial charge in [-0.05, 0) is 25.1 Å². The van der Waals surface area contributed by atoms with Crippen LogP contribution in [0.2, 0.25) is 18.1 Å². The molecule has 2 aliphatic heterocycles. The van der Waals surface area contributed by atoms with E-state index < -0.39 is 51.4 Å². The van der Waals surface area contributed by atoms with E-state index in [1.807, 2.05) is 6.92 Å². The van der Waals surface area contributed by atoms with Gasteiger partial charge in [0.05, 0.1) is 12.7 Å². The van der Waals surface area contributed by atoms with Crippen molar-refractivity contribution in [3.05, 3.63) is 0 Å². The first-order valence-corrected chi connectivity index (χ1v) is 15.1. The van der Waals surface area contributed by atoms with Crippen LogP contribution in [0.4, 0.5) is 0 Å². The summed E-state index contributed by atoms with van der Waals surface area (Å²) in [5.41, 5.74) is 0. The molecule has 2 fully saturated rings. The zero-order valence-corrected chi connectivity index (χ0v) is 24.2. The topological polar surface area (TPSA) is 100 Å². The molecule has 0 spiro atoms. The first-order chi connectivity index (χ1) is 16.3. The molecule has 0 N–H and O–H groups in total. The van der Waals surface area contributed by atoms with Gasteiger partial charge in [0, 0.05) is 41.8 Å². The monoisotopic (exact) mass is 522 g/mol. The molecule has 2 saturated heterocycles. The third-order valence-corrected chi connectivity index (χ3v) is 11.7. The van der Waals surface area contributed by atoms with Gasteiger partial charge in [-0.25, -0.2) is 0 Å². The van der Waals surface area contributed by atoms with E-state index in [2.05, 4.69) is 33.9 Å². The quantitative estimate of drug-likeness (QED) is 0.314. The molecule has 0 saturated carbocycles. The lowest BCUT2D eigenvalue weighted by Gasteiger charge is -2.47. The van der Waals surface area contributed by atoms with Crippen LogP contribution in [0, 0.1) is 0 Å². The Morgan fingerprint density at radius 2 is 1.51 bits per heavy atom. The summed E-state index contributed by atoms with van der Waals surface area (Å²) >= 11 is 0. The van der Waals surface area contributed by atoms with Crippen molar-refractivity contribution in [2.75, 3.05) is 35.0 Å². The maximum atomic E-state index is 11.9. The molecule has 10 nitrogen and oxygen atoms in total. The second-order valence-corrected chi connectivity index (χ2v) is 15.5. The zero-order valence-electron chi connectivity index (χ0n) is 23.2. The Morgan fingerprint density at radius 3 is 2.00 bits per heavy atom. The van der Waals surface area contributed by atoms with Gasteiger partial charge in [-0.15, -0.1) is 0 Å². The van der Waals surface area contributed by atoms with Gasteiger partial charge >= 0.3 is 5.97 Å². The highest BCUT2D eigenvalue weighted by atomic mass is 28.4. The second-order valence-electron chi connectivity index (χ2n) is 10.7. The first-order valence-electron chi connectivity index (χ1n) is 12.2. The van der Waals surface area contributed by atoms with Crippen LogP contribution in [0.25, 0.3) is 0 Å². The van der Waals surface area contributed by atoms with Crippen molar-refractivity contribution in [1.29, 1.82) is 0 Å². The summed E-state index contributed by atoms with van der Waals surface area (Å²) < 4.78 is 53.0. The van der Waals surface area contributed by atoms with Crippen molar-refractivity contribution in [1.82, 2.24) is 0 Å². The first kappa shape index (κ1) is 30.6. The summed E-state index contributed by atoms with van der Waals surface area (Å²) in [5, 5.41) is 0.00414. The van der Waals surface area contributed by atoms with E-state index in [0.29, 0.717) is 6.42 Å². The lowest BCUT2D eigenvalue weighted by molar-refractivity contribution is -0.319. The minimum absolute atomic E-state index is 0.00414. The highest BCUT2D eigenvalue weighted by molar-refractivity contribution is 6.74. The fourth-order valence-electron chi connectivity index (χ4n) is 4.33. The third-order valence-electron chi connectivity index (χ3n) is 7.26. The molecule has 0 aliphatic carbocycles. The third kappa shape index (κ3) is 7.45. The Kier molecular flexibility index (Phi) is 11.1. The largest absolute Gasteiger partial charge is 0.460 e. The number of carbonyl (C=O) groups excluding carboxylic acids is 1. The summed E-state index contributed by atoms with van der Waals surface area (Å²) in [7, 11) is 4.17. The standard InChI is InChI=1S/C24H46O10Si/c1-14-19(34-35(10,11)24(3,4)5)16(32-15(2)25)12-18(31-14)30-13-17-20(26-6)21(27-7)22(28-8)23(29-9)33-17/h14,16-23H,12-13H2,1-11H3/t14-,16-,17-,18-,19-,20-,21+,22-,23+/m1/s1. The van der Waals surface area contributed by atoms with E-state index in [0.717, 1.165) is 0 Å². The van der Waals surface area contributed by atoms with E-state index in [4.69, 9.17) is 42.3 Å². The number of ether oxygens (including phenoxy) is 8. The van der Waals surface area contributed by atoms with Gasteiger partial charge in [0.2, 0.25) is 0 Å². The van der Waals surface area contributed by atoms with Crippen LogP contribution in [0.15, 0.2) is 0 Å². The summed E-state index contributed by atoms with van der Waals surface area (Å²) in [6.07, 6.45) is -3.94. The van der Waals surface area contributed by atoms with E-state index in [-0.39, 0.29) is 29.8 Å². The molecule has 35 heavy (non-hydrogen) atoms. The minimum Gasteiger partial charge on any atom is -0.460 e. The fourth-order valence-corrected chi connectivity index (χ4v) is 5.71. The Balaban J connectivity index is 2.12. The number of rotatable bonds is 10. The van der Waals surface area contributed by atoms with E-state index >= 15 is 0 Å². The zero-order chi connectivity index (χ0) is 26.6. The molecule has 0 bridgehead atoms. The molecule has 2 rings (SSSR count). The Hall–Kier alpha value is -0.633. The Bertz CT molecular complexity index is 669. The molecule has 0 radical (unpaired) electrons. The van der Waals surface area contributed by atoms with Crippen LogP contribution in [0.1, 0.15) is 41.0 Å². The SMILES string of the molecule is CO[C@H]1O[C@H](CO[C@H]2C[C@@H](OC(C)=O)[C@H](O[Si](C)(C)C(C)(C)C)[C@@H](C)O2)[C@@H](OC)[C@H](OC)[C@H]1OC. The molecule has 9 atom stereocenters. The maximum Gasteiger partial charge on any atom is 0.302 e.